The first-order valence-electron chi connectivity index (χ1n) is 5.78. The zero-order valence-electron chi connectivity index (χ0n) is 10.1. The molecule has 0 saturated carbocycles. The topological polar surface area (TPSA) is 40.9 Å². The van der Waals surface area contributed by atoms with E-state index >= 15 is 0 Å². The number of hydrogen-bond acceptors (Lipinski definition) is 3. The summed E-state index contributed by atoms with van der Waals surface area (Å²) in [7, 11) is 0. The number of ketones is 1. The minimum atomic E-state index is 0.128. The van der Waals surface area contributed by atoms with Crippen molar-refractivity contribution < 1.29 is 4.79 Å². The molecule has 0 aliphatic heterocycles. The van der Waals surface area contributed by atoms with Gasteiger partial charge in [-0.2, -0.15) is 5.26 Å². The molecular formula is C15H13NOS. The van der Waals surface area contributed by atoms with Crippen LogP contribution in [-0.4, -0.2) is 5.78 Å². The zero-order valence-corrected chi connectivity index (χ0v) is 11.0. The molecule has 0 fully saturated rings. The van der Waals surface area contributed by atoms with Gasteiger partial charge in [0, 0.05) is 6.42 Å². The third-order valence-corrected chi connectivity index (χ3v) is 3.95. The van der Waals surface area contributed by atoms with E-state index in [2.05, 4.69) is 6.07 Å². The number of rotatable bonds is 4. The van der Waals surface area contributed by atoms with Gasteiger partial charge in [0.1, 0.15) is 10.9 Å². The summed E-state index contributed by atoms with van der Waals surface area (Å²) >= 11 is 1.29. The van der Waals surface area contributed by atoms with E-state index in [0.29, 0.717) is 11.3 Å². The molecule has 3 heteroatoms. The lowest BCUT2D eigenvalue weighted by molar-refractivity contribution is 0.0986. The van der Waals surface area contributed by atoms with Gasteiger partial charge in [-0.1, -0.05) is 30.3 Å². The van der Waals surface area contributed by atoms with Crippen LogP contribution in [0, 0.1) is 18.3 Å². The zero-order chi connectivity index (χ0) is 13.0. The van der Waals surface area contributed by atoms with Gasteiger partial charge in [-0.25, -0.2) is 0 Å². The van der Waals surface area contributed by atoms with Gasteiger partial charge < -0.3 is 0 Å². The summed E-state index contributed by atoms with van der Waals surface area (Å²) in [6.07, 6.45) is 1.25. The number of aryl methyl sites for hydroxylation is 2. The summed E-state index contributed by atoms with van der Waals surface area (Å²) in [5.74, 6) is 0.128. The third-order valence-electron chi connectivity index (χ3n) is 2.76. The SMILES string of the molecule is Cc1cc(C#N)sc1C(=O)CCc1ccccc1. The molecule has 0 amide bonds. The highest BCUT2D eigenvalue weighted by Gasteiger charge is 2.13. The molecule has 0 atom stereocenters. The lowest BCUT2D eigenvalue weighted by atomic mass is 10.1. The second kappa shape index (κ2) is 5.61. The van der Waals surface area contributed by atoms with E-state index in [1.807, 2.05) is 37.3 Å². The lowest BCUT2D eigenvalue weighted by Gasteiger charge is -2.00. The van der Waals surface area contributed by atoms with Crippen molar-refractivity contribution in [2.24, 2.45) is 0 Å². The largest absolute Gasteiger partial charge is 0.293 e. The van der Waals surface area contributed by atoms with Gasteiger partial charge in [-0.05, 0) is 30.5 Å². The molecular weight excluding hydrogens is 242 g/mol. The summed E-state index contributed by atoms with van der Waals surface area (Å²) in [6.45, 7) is 1.88. The van der Waals surface area contributed by atoms with Crippen LogP contribution in [0.5, 0.6) is 0 Å². The van der Waals surface area contributed by atoms with Crippen LogP contribution < -0.4 is 0 Å². The maximum absolute atomic E-state index is 12.1. The van der Waals surface area contributed by atoms with E-state index in [1.165, 1.54) is 16.9 Å². The molecule has 2 rings (SSSR count). The molecule has 0 bridgehead atoms. The number of thiophene rings is 1. The Kier molecular flexibility index (Phi) is 3.91. The van der Waals surface area contributed by atoms with Crippen LogP contribution in [0.2, 0.25) is 0 Å². The average molecular weight is 255 g/mol. The first kappa shape index (κ1) is 12.5. The highest BCUT2D eigenvalue weighted by atomic mass is 32.1. The van der Waals surface area contributed by atoms with Crippen LogP contribution in [-0.2, 0) is 6.42 Å². The van der Waals surface area contributed by atoms with Crippen molar-refractivity contribution in [1.29, 1.82) is 5.26 Å². The molecule has 0 aliphatic carbocycles. The van der Waals surface area contributed by atoms with Gasteiger partial charge in [0.2, 0.25) is 0 Å². The Bertz CT molecular complexity index is 593. The molecule has 1 heterocycles. The minimum absolute atomic E-state index is 0.128. The summed E-state index contributed by atoms with van der Waals surface area (Å²) < 4.78 is 0. The van der Waals surface area contributed by atoms with Crippen LogP contribution in [0.3, 0.4) is 0 Å². The Labute approximate surface area is 111 Å². The number of carbonyl (C=O) groups excluding carboxylic acids is 1. The summed E-state index contributed by atoms with van der Waals surface area (Å²) in [6, 6.07) is 13.8. The van der Waals surface area contributed by atoms with Crippen molar-refractivity contribution >= 4 is 17.1 Å². The van der Waals surface area contributed by atoms with Gasteiger partial charge in [0.25, 0.3) is 0 Å². The van der Waals surface area contributed by atoms with Crippen LogP contribution in [0.15, 0.2) is 36.4 Å². The molecule has 0 radical (unpaired) electrons. The van der Waals surface area contributed by atoms with E-state index in [-0.39, 0.29) is 5.78 Å². The van der Waals surface area contributed by atoms with Crippen LogP contribution in [0.4, 0.5) is 0 Å². The van der Waals surface area contributed by atoms with Crippen molar-refractivity contribution in [3.63, 3.8) is 0 Å². The Balaban J connectivity index is 2.04. The van der Waals surface area contributed by atoms with Gasteiger partial charge in [0.15, 0.2) is 5.78 Å². The van der Waals surface area contributed by atoms with Gasteiger partial charge in [-0.15, -0.1) is 11.3 Å². The molecule has 2 nitrogen and oxygen atoms in total. The Hall–Kier alpha value is -1.92. The predicted molar refractivity (Wildman–Crippen MR) is 72.9 cm³/mol. The molecule has 2 aromatic rings. The van der Waals surface area contributed by atoms with Gasteiger partial charge >= 0.3 is 0 Å². The molecule has 0 N–H and O–H groups in total. The fourth-order valence-corrected chi connectivity index (χ4v) is 2.77. The van der Waals surface area contributed by atoms with Crippen molar-refractivity contribution in [2.45, 2.75) is 19.8 Å². The second-order valence-electron chi connectivity index (χ2n) is 4.14. The second-order valence-corrected chi connectivity index (χ2v) is 5.20. The number of nitriles is 1. The van der Waals surface area contributed by atoms with E-state index in [9.17, 15) is 4.79 Å². The maximum atomic E-state index is 12.1. The molecule has 0 saturated heterocycles. The quantitative estimate of drug-likeness (QED) is 0.781. The van der Waals surface area contributed by atoms with Crippen molar-refractivity contribution in [3.05, 3.63) is 57.3 Å². The Morgan fingerprint density at radius 3 is 2.67 bits per heavy atom. The first-order valence-corrected chi connectivity index (χ1v) is 6.60. The van der Waals surface area contributed by atoms with Crippen LogP contribution in [0.1, 0.15) is 32.1 Å². The predicted octanol–water partition coefficient (Wildman–Crippen LogP) is 3.74. The normalized spacial score (nSPS) is 10.0. The number of Topliss-reactive ketones (excluding diaryl/α,β-unsaturated/α-hetero) is 1. The van der Waals surface area contributed by atoms with Crippen LogP contribution >= 0.6 is 11.3 Å². The molecule has 1 aromatic heterocycles. The van der Waals surface area contributed by atoms with Crippen LogP contribution in [0.25, 0.3) is 0 Å². The van der Waals surface area contributed by atoms with Crippen molar-refractivity contribution in [1.82, 2.24) is 0 Å². The molecule has 0 unspecified atom stereocenters. The summed E-state index contributed by atoms with van der Waals surface area (Å²) in [5, 5.41) is 8.81. The summed E-state index contributed by atoms with van der Waals surface area (Å²) in [4.78, 5) is 13.4. The third kappa shape index (κ3) is 2.85. The summed E-state index contributed by atoms with van der Waals surface area (Å²) in [5.41, 5.74) is 2.08. The number of carbonyl (C=O) groups is 1. The number of benzene rings is 1. The number of hydrogen-bond donors (Lipinski definition) is 0. The standard InChI is InChI=1S/C15H13NOS/c1-11-9-13(10-16)18-15(11)14(17)8-7-12-5-3-2-4-6-12/h2-6,9H,7-8H2,1H3. The Morgan fingerprint density at radius 2 is 2.06 bits per heavy atom. The lowest BCUT2D eigenvalue weighted by Crippen LogP contribution is -2.00. The van der Waals surface area contributed by atoms with Crippen molar-refractivity contribution in [2.75, 3.05) is 0 Å². The van der Waals surface area contributed by atoms with E-state index < -0.39 is 0 Å². The smallest absolute Gasteiger partial charge is 0.173 e. The Morgan fingerprint density at radius 1 is 1.33 bits per heavy atom. The van der Waals surface area contributed by atoms with E-state index in [4.69, 9.17) is 5.26 Å². The highest BCUT2D eigenvalue weighted by Crippen LogP contribution is 2.23. The van der Waals surface area contributed by atoms with E-state index in [0.717, 1.165) is 16.9 Å². The first-order chi connectivity index (χ1) is 8.70. The highest BCUT2D eigenvalue weighted by molar-refractivity contribution is 7.14. The average Bonchev–Trinajstić information content (AvgIpc) is 2.78. The van der Waals surface area contributed by atoms with Gasteiger partial charge in [0.05, 0.1) is 4.88 Å². The molecule has 0 spiro atoms. The molecule has 1 aromatic carbocycles. The minimum Gasteiger partial charge on any atom is -0.293 e. The maximum Gasteiger partial charge on any atom is 0.173 e. The van der Waals surface area contributed by atoms with Crippen molar-refractivity contribution in [3.8, 4) is 6.07 Å². The molecule has 18 heavy (non-hydrogen) atoms. The number of nitrogens with zero attached hydrogens (tertiary/aromatic N) is 1. The fraction of sp³-hybridized carbons (Fsp3) is 0.200. The van der Waals surface area contributed by atoms with E-state index in [1.54, 1.807) is 6.07 Å². The fourth-order valence-electron chi connectivity index (χ4n) is 1.83. The monoisotopic (exact) mass is 255 g/mol. The van der Waals surface area contributed by atoms with Gasteiger partial charge in [-0.3, -0.25) is 4.79 Å². The molecule has 0 aliphatic rings. The molecule has 90 valence electrons.